The Balaban J connectivity index is 1.99. The summed E-state index contributed by atoms with van der Waals surface area (Å²) in [5, 5.41) is 12.7. The Labute approximate surface area is 109 Å². The molecular formula is C14H13N3S. The van der Waals surface area contributed by atoms with E-state index < -0.39 is 0 Å². The molecule has 0 spiro atoms. The second-order valence-electron chi connectivity index (χ2n) is 4.11. The molecule has 0 amide bonds. The van der Waals surface area contributed by atoms with E-state index in [0.29, 0.717) is 6.54 Å². The lowest BCUT2D eigenvalue weighted by atomic mass is 10.0. The molecule has 0 aliphatic rings. The maximum absolute atomic E-state index is 5.55. The van der Waals surface area contributed by atoms with Crippen molar-refractivity contribution in [3.8, 4) is 0 Å². The lowest BCUT2D eigenvalue weighted by Gasteiger charge is -2.03. The average molecular weight is 255 g/mol. The van der Waals surface area contributed by atoms with Crippen molar-refractivity contribution in [1.82, 2.24) is 10.2 Å². The third-order valence-electron chi connectivity index (χ3n) is 2.90. The number of hydrogen-bond donors (Lipinski definition) is 1. The summed E-state index contributed by atoms with van der Waals surface area (Å²) in [5.41, 5.74) is 6.84. The first-order valence-corrected chi connectivity index (χ1v) is 6.66. The van der Waals surface area contributed by atoms with E-state index in [4.69, 9.17) is 5.73 Å². The quantitative estimate of drug-likeness (QED) is 0.783. The monoisotopic (exact) mass is 255 g/mol. The molecule has 18 heavy (non-hydrogen) atoms. The van der Waals surface area contributed by atoms with E-state index in [0.717, 1.165) is 16.4 Å². The first-order chi connectivity index (χ1) is 8.86. The van der Waals surface area contributed by atoms with Crippen LogP contribution >= 0.6 is 11.3 Å². The zero-order chi connectivity index (χ0) is 12.4. The molecule has 3 rings (SSSR count). The van der Waals surface area contributed by atoms with Gasteiger partial charge in [-0.15, -0.1) is 10.2 Å². The van der Waals surface area contributed by atoms with Crippen LogP contribution in [0.15, 0.2) is 42.5 Å². The number of benzene rings is 2. The Morgan fingerprint density at radius 3 is 2.56 bits per heavy atom. The van der Waals surface area contributed by atoms with Crippen LogP contribution in [0, 0.1) is 0 Å². The summed E-state index contributed by atoms with van der Waals surface area (Å²) >= 11 is 1.59. The lowest BCUT2D eigenvalue weighted by molar-refractivity contribution is 0.931. The number of hydrogen-bond acceptors (Lipinski definition) is 4. The highest BCUT2D eigenvalue weighted by Gasteiger charge is 2.06. The Morgan fingerprint density at radius 1 is 0.944 bits per heavy atom. The van der Waals surface area contributed by atoms with Crippen LogP contribution in [0.2, 0.25) is 0 Å². The molecule has 4 heteroatoms. The van der Waals surface area contributed by atoms with Gasteiger partial charge < -0.3 is 5.73 Å². The highest BCUT2D eigenvalue weighted by Crippen LogP contribution is 2.22. The molecular weight excluding hydrogens is 242 g/mol. The highest BCUT2D eigenvalue weighted by atomic mass is 32.1. The van der Waals surface area contributed by atoms with Crippen molar-refractivity contribution in [2.45, 2.75) is 13.0 Å². The summed E-state index contributed by atoms with van der Waals surface area (Å²) < 4.78 is 0. The van der Waals surface area contributed by atoms with Crippen molar-refractivity contribution in [2.24, 2.45) is 5.73 Å². The van der Waals surface area contributed by atoms with Crippen molar-refractivity contribution in [3.63, 3.8) is 0 Å². The van der Waals surface area contributed by atoms with Gasteiger partial charge in [-0.2, -0.15) is 0 Å². The molecule has 0 fully saturated rings. The molecule has 90 valence electrons. The van der Waals surface area contributed by atoms with E-state index >= 15 is 0 Å². The molecule has 0 aliphatic carbocycles. The molecule has 0 saturated heterocycles. The molecule has 2 N–H and O–H groups in total. The molecule has 3 nitrogen and oxygen atoms in total. The molecule has 2 aromatic carbocycles. The van der Waals surface area contributed by atoms with Crippen molar-refractivity contribution in [2.75, 3.05) is 0 Å². The minimum atomic E-state index is 0.465. The van der Waals surface area contributed by atoms with Crippen molar-refractivity contribution in [3.05, 3.63) is 58.0 Å². The summed E-state index contributed by atoms with van der Waals surface area (Å²) in [7, 11) is 0. The van der Waals surface area contributed by atoms with E-state index in [2.05, 4.69) is 52.7 Å². The Morgan fingerprint density at radius 2 is 1.72 bits per heavy atom. The fourth-order valence-electron chi connectivity index (χ4n) is 2.05. The summed E-state index contributed by atoms with van der Waals surface area (Å²) in [6.07, 6.45) is 0.818. The normalized spacial score (nSPS) is 10.9. The maximum atomic E-state index is 5.55. The van der Waals surface area contributed by atoms with Gasteiger partial charge in [-0.05, 0) is 16.3 Å². The number of aromatic nitrogens is 2. The largest absolute Gasteiger partial charge is 0.324 e. The van der Waals surface area contributed by atoms with Crippen LogP contribution in [0.3, 0.4) is 0 Å². The molecule has 0 atom stereocenters. The van der Waals surface area contributed by atoms with Crippen molar-refractivity contribution >= 4 is 22.1 Å². The van der Waals surface area contributed by atoms with Crippen LogP contribution in [0.1, 0.15) is 15.6 Å². The molecule has 0 radical (unpaired) electrons. The first-order valence-electron chi connectivity index (χ1n) is 5.85. The Bertz CT molecular complexity index is 670. The SMILES string of the molecule is NCc1nnc(Cc2cccc3ccccc23)s1. The van der Waals surface area contributed by atoms with Gasteiger partial charge in [0.15, 0.2) is 0 Å². The number of nitrogens with zero attached hydrogens (tertiary/aromatic N) is 2. The van der Waals surface area contributed by atoms with Gasteiger partial charge in [-0.1, -0.05) is 53.8 Å². The third-order valence-corrected chi connectivity index (χ3v) is 3.85. The van der Waals surface area contributed by atoms with Gasteiger partial charge in [-0.25, -0.2) is 0 Å². The zero-order valence-corrected chi connectivity index (χ0v) is 10.7. The molecule has 0 aliphatic heterocycles. The summed E-state index contributed by atoms with van der Waals surface area (Å²) in [5.74, 6) is 0. The van der Waals surface area contributed by atoms with Crippen LogP contribution < -0.4 is 5.73 Å². The number of nitrogens with two attached hydrogens (primary N) is 1. The summed E-state index contributed by atoms with van der Waals surface area (Å²) in [6, 6.07) is 14.8. The minimum Gasteiger partial charge on any atom is -0.324 e. The fraction of sp³-hybridized carbons (Fsp3) is 0.143. The van der Waals surface area contributed by atoms with Gasteiger partial charge in [0.1, 0.15) is 10.0 Å². The van der Waals surface area contributed by atoms with Gasteiger partial charge in [0, 0.05) is 13.0 Å². The standard InChI is InChI=1S/C14H13N3S/c15-9-14-17-16-13(18-14)8-11-6-3-5-10-4-1-2-7-12(10)11/h1-7H,8-9,15H2. The summed E-state index contributed by atoms with van der Waals surface area (Å²) in [6.45, 7) is 0.465. The van der Waals surface area contributed by atoms with Gasteiger partial charge >= 0.3 is 0 Å². The molecule has 0 saturated carbocycles. The van der Waals surface area contributed by atoms with Crippen LogP contribution in [0.5, 0.6) is 0 Å². The topological polar surface area (TPSA) is 51.8 Å². The van der Waals surface area contributed by atoms with E-state index in [-0.39, 0.29) is 0 Å². The Hall–Kier alpha value is -1.78. The third kappa shape index (κ3) is 2.12. The molecule has 0 bridgehead atoms. The minimum absolute atomic E-state index is 0.465. The number of fused-ring (bicyclic) bond motifs is 1. The average Bonchev–Trinajstić information content (AvgIpc) is 2.87. The van der Waals surface area contributed by atoms with E-state index in [1.165, 1.54) is 16.3 Å². The molecule has 3 aromatic rings. The molecule has 1 heterocycles. The van der Waals surface area contributed by atoms with E-state index in [1.54, 1.807) is 11.3 Å². The van der Waals surface area contributed by atoms with Gasteiger partial charge in [0.25, 0.3) is 0 Å². The van der Waals surface area contributed by atoms with Gasteiger partial charge in [0.05, 0.1) is 0 Å². The van der Waals surface area contributed by atoms with Crippen LogP contribution in [0.4, 0.5) is 0 Å². The number of rotatable bonds is 3. The first kappa shape index (κ1) is 11.3. The lowest BCUT2D eigenvalue weighted by Crippen LogP contribution is -1.94. The van der Waals surface area contributed by atoms with E-state index in [1.807, 2.05) is 0 Å². The smallest absolute Gasteiger partial charge is 0.131 e. The maximum Gasteiger partial charge on any atom is 0.131 e. The van der Waals surface area contributed by atoms with Crippen molar-refractivity contribution in [1.29, 1.82) is 0 Å². The van der Waals surface area contributed by atoms with Crippen LogP contribution in [0.25, 0.3) is 10.8 Å². The van der Waals surface area contributed by atoms with Crippen molar-refractivity contribution < 1.29 is 0 Å². The Kier molecular flexibility index (Phi) is 3.04. The van der Waals surface area contributed by atoms with Crippen LogP contribution in [-0.4, -0.2) is 10.2 Å². The van der Waals surface area contributed by atoms with Gasteiger partial charge in [0.2, 0.25) is 0 Å². The predicted molar refractivity (Wildman–Crippen MR) is 74.6 cm³/mol. The highest BCUT2D eigenvalue weighted by molar-refractivity contribution is 7.11. The molecule has 1 aromatic heterocycles. The second kappa shape index (κ2) is 4.84. The van der Waals surface area contributed by atoms with Crippen LogP contribution in [-0.2, 0) is 13.0 Å². The molecule has 0 unspecified atom stereocenters. The summed E-state index contributed by atoms with van der Waals surface area (Å²) in [4.78, 5) is 0. The zero-order valence-electron chi connectivity index (χ0n) is 9.84. The second-order valence-corrected chi connectivity index (χ2v) is 5.26. The fourth-order valence-corrected chi connectivity index (χ4v) is 2.80. The predicted octanol–water partition coefficient (Wildman–Crippen LogP) is 2.74. The van der Waals surface area contributed by atoms with Gasteiger partial charge in [-0.3, -0.25) is 0 Å². The van der Waals surface area contributed by atoms with E-state index in [9.17, 15) is 0 Å².